The van der Waals surface area contributed by atoms with E-state index in [0.717, 1.165) is 27.9 Å². The number of primary amides is 1. The summed E-state index contributed by atoms with van der Waals surface area (Å²) < 4.78 is 1.88. The molecule has 4 heteroatoms. The fourth-order valence-corrected chi connectivity index (χ4v) is 3.50. The molecule has 1 fully saturated rings. The largest absolute Gasteiger partial charge is 0.366 e. The van der Waals surface area contributed by atoms with Crippen LogP contribution < -0.4 is 5.73 Å². The summed E-state index contributed by atoms with van der Waals surface area (Å²) in [7, 11) is 0. The van der Waals surface area contributed by atoms with Crippen molar-refractivity contribution >= 4 is 16.8 Å². The summed E-state index contributed by atoms with van der Waals surface area (Å²) in [5, 5.41) is 5.43. The first-order valence-electron chi connectivity index (χ1n) is 8.92. The van der Waals surface area contributed by atoms with Gasteiger partial charge < -0.3 is 5.73 Å². The fourth-order valence-electron chi connectivity index (χ4n) is 3.50. The van der Waals surface area contributed by atoms with Gasteiger partial charge in [-0.2, -0.15) is 5.10 Å². The minimum Gasteiger partial charge on any atom is -0.366 e. The number of benzene rings is 2. The second-order valence-electron chi connectivity index (χ2n) is 6.87. The van der Waals surface area contributed by atoms with Crippen LogP contribution >= 0.6 is 0 Å². The summed E-state index contributed by atoms with van der Waals surface area (Å²) in [5.74, 6) is 6.28. The smallest absolute Gasteiger partial charge is 0.250 e. The van der Waals surface area contributed by atoms with E-state index in [1.807, 2.05) is 10.7 Å². The topological polar surface area (TPSA) is 60.9 Å². The average molecular weight is 343 g/mol. The van der Waals surface area contributed by atoms with Crippen molar-refractivity contribution < 1.29 is 4.79 Å². The summed E-state index contributed by atoms with van der Waals surface area (Å²) in [6, 6.07) is 12.3. The van der Waals surface area contributed by atoms with Gasteiger partial charge in [0, 0.05) is 10.9 Å². The first-order chi connectivity index (χ1) is 12.6. The van der Waals surface area contributed by atoms with Crippen molar-refractivity contribution in [2.24, 2.45) is 5.73 Å². The fraction of sp³-hybridized carbons (Fsp3) is 0.273. The number of hydrogen-bond donors (Lipinski definition) is 1. The molecule has 1 aliphatic carbocycles. The highest BCUT2D eigenvalue weighted by Gasteiger charge is 2.24. The second kappa shape index (κ2) is 6.34. The number of carbonyl (C=O) groups excluding carboxylic acids is 1. The van der Waals surface area contributed by atoms with Gasteiger partial charge in [0.05, 0.1) is 23.3 Å². The van der Waals surface area contributed by atoms with Crippen molar-refractivity contribution in [2.45, 2.75) is 38.6 Å². The van der Waals surface area contributed by atoms with Crippen LogP contribution in [0.4, 0.5) is 0 Å². The molecule has 2 aromatic carbocycles. The molecule has 1 saturated carbocycles. The molecule has 3 aromatic rings. The van der Waals surface area contributed by atoms with Crippen LogP contribution in [0.1, 0.15) is 65.7 Å². The molecule has 0 saturated heterocycles. The number of aromatic nitrogens is 2. The Balaban J connectivity index is 1.82. The highest BCUT2D eigenvalue weighted by Crippen LogP contribution is 2.40. The van der Waals surface area contributed by atoms with Gasteiger partial charge in [0.2, 0.25) is 0 Å². The van der Waals surface area contributed by atoms with Crippen molar-refractivity contribution in [1.29, 1.82) is 0 Å². The molecule has 1 aliphatic rings. The number of amides is 1. The molecule has 1 atom stereocenters. The predicted molar refractivity (Wildman–Crippen MR) is 103 cm³/mol. The van der Waals surface area contributed by atoms with Crippen molar-refractivity contribution in [3.8, 4) is 11.8 Å². The highest BCUT2D eigenvalue weighted by atomic mass is 16.1. The number of fused-ring (bicyclic) bond motifs is 1. The zero-order valence-corrected chi connectivity index (χ0v) is 15.0. The van der Waals surface area contributed by atoms with Gasteiger partial charge in [-0.1, -0.05) is 30.2 Å². The Kier molecular flexibility index (Phi) is 4.00. The Morgan fingerprint density at radius 2 is 1.96 bits per heavy atom. The van der Waals surface area contributed by atoms with Gasteiger partial charge in [-0.25, -0.2) is 0 Å². The first-order valence-corrected chi connectivity index (χ1v) is 8.92. The summed E-state index contributed by atoms with van der Waals surface area (Å²) in [4.78, 5) is 12.0. The molecule has 4 nitrogen and oxygen atoms in total. The molecule has 1 unspecified atom stereocenters. The maximum absolute atomic E-state index is 12.0. The molecule has 1 aromatic heterocycles. The molecule has 26 heavy (non-hydrogen) atoms. The number of nitrogens with zero attached hydrogens (tertiary/aromatic N) is 2. The van der Waals surface area contributed by atoms with Gasteiger partial charge in [0.1, 0.15) is 0 Å². The van der Waals surface area contributed by atoms with Gasteiger partial charge in [0.25, 0.3) is 5.91 Å². The van der Waals surface area contributed by atoms with E-state index in [4.69, 9.17) is 5.73 Å². The molecule has 0 bridgehead atoms. The Morgan fingerprint density at radius 1 is 1.23 bits per heavy atom. The minimum absolute atomic E-state index is 0.0105. The maximum Gasteiger partial charge on any atom is 0.250 e. The quantitative estimate of drug-likeness (QED) is 0.728. The number of carbonyl (C=O) groups is 1. The van der Waals surface area contributed by atoms with Crippen LogP contribution in [0.5, 0.6) is 0 Å². The zero-order chi connectivity index (χ0) is 18.3. The third-order valence-corrected chi connectivity index (χ3v) is 5.12. The lowest BCUT2D eigenvalue weighted by atomic mass is 10.0. The monoisotopic (exact) mass is 343 g/mol. The van der Waals surface area contributed by atoms with Crippen LogP contribution in [-0.2, 0) is 0 Å². The van der Waals surface area contributed by atoms with Gasteiger partial charge >= 0.3 is 0 Å². The maximum atomic E-state index is 12.0. The number of hydrogen-bond acceptors (Lipinski definition) is 2. The zero-order valence-electron chi connectivity index (χ0n) is 15.0. The van der Waals surface area contributed by atoms with E-state index in [2.05, 4.69) is 48.1 Å². The molecule has 0 spiro atoms. The van der Waals surface area contributed by atoms with Gasteiger partial charge in [0.15, 0.2) is 0 Å². The second-order valence-corrected chi connectivity index (χ2v) is 6.87. The minimum atomic E-state index is -0.455. The van der Waals surface area contributed by atoms with Crippen molar-refractivity contribution in [1.82, 2.24) is 9.78 Å². The lowest BCUT2D eigenvalue weighted by molar-refractivity contribution is 0.100. The van der Waals surface area contributed by atoms with E-state index in [1.54, 1.807) is 19.2 Å². The number of rotatable bonds is 4. The lowest BCUT2D eigenvalue weighted by Gasteiger charge is -2.16. The van der Waals surface area contributed by atoms with Crippen molar-refractivity contribution in [3.63, 3.8) is 0 Å². The molecule has 2 N–H and O–H groups in total. The van der Waals surface area contributed by atoms with Gasteiger partial charge in [-0.15, -0.1) is 5.92 Å². The predicted octanol–water partition coefficient (Wildman–Crippen LogP) is 3.99. The van der Waals surface area contributed by atoms with Crippen LogP contribution in [-0.4, -0.2) is 15.7 Å². The van der Waals surface area contributed by atoms with Crippen molar-refractivity contribution in [2.75, 3.05) is 0 Å². The van der Waals surface area contributed by atoms with Crippen LogP contribution in [0.3, 0.4) is 0 Å². The third kappa shape index (κ3) is 2.76. The van der Waals surface area contributed by atoms with Crippen LogP contribution in [0.25, 0.3) is 10.9 Å². The molecule has 0 radical (unpaired) electrons. The molecule has 1 amide bonds. The van der Waals surface area contributed by atoms with Crippen molar-refractivity contribution in [3.05, 3.63) is 64.8 Å². The highest BCUT2D eigenvalue weighted by molar-refractivity contribution is 6.06. The van der Waals surface area contributed by atoms with E-state index in [-0.39, 0.29) is 6.04 Å². The third-order valence-electron chi connectivity index (χ3n) is 5.12. The van der Waals surface area contributed by atoms with Crippen LogP contribution in [0, 0.1) is 11.8 Å². The molecular weight excluding hydrogens is 322 g/mol. The summed E-state index contributed by atoms with van der Waals surface area (Å²) in [6.45, 7) is 3.88. The molecular formula is C22H21N3O. The van der Waals surface area contributed by atoms with Gasteiger partial charge in [-0.3, -0.25) is 9.48 Å². The van der Waals surface area contributed by atoms with E-state index in [0.29, 0.717) is 5.56 Å². The molecule has 1 heterocycles. The summed E-state index contributed by atoms with van der Waals surface area (Å²) in [6.07, 6.45) is 4.36. The normalized spacial score (nSPS) is 14.7. The Hall–Kier alpha value is -3.06. The summed E-state index contributed by atoms with van der Waals surface area (Å²) >= 11 is 0. The van der Waals surface area contributed by atoms with Crippen LogP contribution in [0.2, 0.25) is 0 Å². The Morgan fingerprint density at radius 3 is 2.58 bits per heavy atom. The van der Waals surface area contributed by atoms with E-state index in [1.165, 1.54) is 18.4 Å². The van der Waals surface area contributed by atoms with E-state index >= 15 is 0 Å². The lowest BCUT2D eigenvalue weighted by Crippen LogP contribution is -2.15. The number of nitrogens with two attached hydrogens (primary N) is 1. The van der Waals surface area contributed by atoms with Crippen LogP contribution in [0.15, 0.2) is 42.6 Å². The molecule has 0 aliphatic heterocycles. The standard InChI is InChI=1S/C22H21N3O/c1-3-4-18-11-12-19(22(23)26)21-20(18)13-24-25(21)14(2)15-5-7-16(8-6-15)17-9-10-17/h5-8,11-14,17H,9-10H2,1-2H3,(H2,23,26). The Bertz CT molecular complexity index is 1050. The Labute approximate surface area is 153 Å². The van der Waals surface area contributed by atoms with E-state index in [9.17, 15) is 4.79 Å². The molecule has 130 valence electrons. The SMILES string of the molecule is CC#Cc1ccc(C(N)=O)c2c1cnn2C(C)c1ccc(C2CC2)cc1. The average Bonchev–Trinajstić information content (AvgIpc) is 3.40. The first kappa shape index (κ1) is 16.4. The molecule has 4 rings (SSSR count). The van der Waals surface area contributed by atoms with Gasteiger partial charge in [-0.05, 0) is 55.9 Å². The van der Waals surface area contributed by atoms with E-state index < -0.39 is 5.91 Å². The summed E-state index contributed by atoms with van der Waals surface area (Å²) in [5.41, 5.74) is 10.3.